The van der Waals surface area contributed by atoms with Crippen LogP contribution in [-0.4, -0.2) is 66.7 Å². The molecule has 5 nitrogen and oxygen atoms in total. The van der Waals surface area contributed by atoms with Gasteiger partial charge in [0.1, 0.15) is 5.54 Å². The van der Waals surface area contributed by atoms with Crippen LogP contribution in [0.1, 0.15) is 32.1 Å². The lowest BCUT2D eigenvalue weighted by molar-refractivity contribution is -0.139. The molecule has 3 rings (SSSR count). The van der Waals surface area contributed by atoms with Gasteiger partial charge in [0.2, 0.25) is 5.91 Å². The molecular formula is C14H25N3O2. The highest BCUT2D eigenvalue weighted by Crippen LogP contribution is 2.24. The number of piperidine rings is 1. The summed E-state index contributed by atoms with van der Waals surface area (Å²) in [4.78, 5) is 17.1. The molecule has 0 aromatic heterocycles. The molecule has 0 aromatic carbocycles. The molecule has 0 bridgehead atoms. The Kier molecular flexibility index (Phi) is 3.78. The molecule has 3 saturated heterocycles. The smallest absolute Gasteiger partial charge is 0.245 e. The number of nitrogens with two attached hydrogens (primary N) is 1. The number of carbonyl (C=O) groups is 1. The van der Waals surface area contributed by atoms with E-state index in [-0.39, 0.29) is 5.91 Å². The van der Waals surface area contributed by atoms with E-state index in [1.54, 1.807) is 0 Å². The first-order chi connectivity index (χ1) is 9.19. The van der Waals surface area contributed by atoms with Gasteiger partial charge in [-0.05, 0) is 45.2 Å². The van der Waals surface area contributed by atoms with Crippen LogP contribution < -0.4 is 5.73 Å². The molecule has 19 heavy (non-hydrogen) atoms. The predicted molar refractivity (Wildman–Crippen MR) is 72.8 cm³/mol. The minimum absolute atomic E-state index is 0.105. The Morgan fingerprint density at radius 2 is 2.00 bits per heavy atom. The number of hydrogen-bond acceptors (Lipinski definition) is 4. The van der Waals surface area contributed by atoms with E-state index in [0.29, 0.717) is 25.7 Å². The molecule has 3 heterocycles. The van der Waals surface area contributed by atoms with Crippen LogP contribution in [-0.2, 0) is 9.53 Å². The molecule has 2 unspecified atom stereocenters. The zero-order chi connectivity index (χ0) is 13.3. The predicted octanol–water partition coefficient (Wildman–Crippen LogP) is 0.191. The van der Waals surface area contributed by atoms with E-state index in [9.17, 15) is 4.79 Å². The molecule has 0 aromatic rings. The first-order valence-corrected chi connectivity index (χ1v) is 7.59. The summed E-state index contributed by atoms with van der Waals surface area (Å²) in [6.45, 7) is 5.12. The van der Waals surface area contributed by atoms with E-state index in [2.05, 4.69) is 4.90 Å². The topological polar surface area (TPSA) is 58.8 Å². The quantitative estimate of drug-likeness (QED) is 0.776. The number of nitrogens with zero attached hydrogens (tertiary/aromatic N) is 2. The van der Waals surface area contributed by atoms with Gasteiger partial charge in [-0.25, -0.2) is 0 Å². The number of likely N-dealkylation sites (tertiary alicyclic amines) is 2. The van der Waals surface area contributed by atoms with Gasteiger partial charge in [0.15, 0.2) is 0 Å². The maximum Gasteiger partial charge on any atom is 0.245 e. The van der Waals surface area contributed by atoms with Crippen molar-refractivity contribution >= 4 is 5.91 Å². The Labute approximate surface area is 115 Å². The molecule has 2 N–H and O–H groups in total. The van der Waals surface area contributed by atoms with Crippen LogP contribution in [0.5, 0.6) is 0 Å². The van der Waals surface area contributed by atoms with Gasteiger partial charge in [-0.15, -0.1) is 0 Å². The van der Waals surface area contributed by atoms with Crippen molar-refractivity contribution in [3.63, 3.8) is 0 Å². The molecule has 108 valence electrons. The van der Waals surface area contributed by atoms with Crippen molar-refractivity contribution in [2.75, 3.05) is 39.4 Å². The number of carbonyl (C=O) groups excluding carboxylic acids is 1. The molecule has 0 aliphatic carbocycles. The second kappa shape index (κ2) is 5.38. The highest BCUT2D eigenvalue weighted by molar-refractivity contribution is 5.86. The first kappa shape index (κ1) is 13.3. The molecular weight excluding hydrogens is 242 g/mol. The van der Waals surface area contributed by atoms with Crippen LogP contribution in [0, 0.1) is 0 Å². The van der Waals surface area contributed by atoms with Crippen molar-refractivity contribution in [2.45, 2.75) is 43.7 Å². The summed E-state index contributed by atoms with van der Waals surface area (Å²) in [5.41, 5.74) is 5.45. The fourth-order valence-corrected chi connectivity index (χ4v) is 3.61. The maximum absolute atomic E-state index is 12.6. The van der Waals surface area contributed by atoms with Crippen LogP contribution in [0.25, 0.3) is 0 Å². The lowest BCUT2D eigenvalue weighted by atomic mass is 9.95. The maximum atomic E-state index is 12.6. The van der Waals surface area contributed by atoms with Crippen LogP contribution in [0.4, 0.5) is 0 Å². The van der Waals surface area contributed by atoms with Crippen LogP contribution in [0.3, 0.4) is 0 Å². The third-order valence-corrected chi connectivity index (χ3v) is 4.82. The minimum atomic E-state index is -0.757. The summed E-state index contributed by atoms with van der Waals surface area (Å²) < 4.78 is 5.32. The van der Waals surface area contributed by atoms with Gasteiger partial charge < -0.3 is 15.4 Å². The Balaban J connectivity index is 1.62. The van der Waals surface area contributed by atoms with Crippen molar-refractivity contribution in [1.82, 2.24) is 9.80 Å². The fraction of sp³-hybridized carbons (Fsp3) is 0.929. The van der Waals surface area contributed by atoms with E-state index in [1.807, 2.05) is 4.90 Å². The average Bonchev–Trinajstić information content (AvgIpc) is 3.10. The second-order valence-electron chi connectivity index (χ2n) is 6.25. The first-order valence-electron chi connectivity index (χ1n) is 7.59. The molecule has 3 aliphatic heterocycles. The van der Waals surface area contributed by atoms with Crippen LogP contribution >= 0.6 is 0 Å². The normalized spacial score (nSPS) is 36.9. The number of hydrogen-bond donors (Lipinski definition) is 1. The van der Waals surface area contributed by atoms with E-state index < -0.39 is 5.54 Å². The monoisotopic (exact) mass is 267 g/mol. The molecule has 0 saturated carbocycles. The van der Waals surface area contributed by atoms with E-state index in [4.69, 9.17) is 10.5 Å². The van der Waals surface area contributed by atoms with Gasteiger partial charge in [0, 0.05) is 25.7 Å². The van der Waals surface area contributed by atoms with Crippen molar-refractivity contribution in [3.05, 3.63) is 0 Å². The molecule has 3 aliphatic rings. The zero-order valence-corrected chi connectivity index (χ0v) is 11.6. The SMILES string of the molecule is NC1(C(=O)N2CCCC(N3CCCC3)C2)CCOC1. The Morgan fingerprint density at radius 3 is 2.68 bits per heavy atom. The lowest BCUT2D eigenvalue weighted by Crippen LogP contribution is -2.59. The zero-order valence-electron chi connectivity index (χ0n) is 11.6. The summed E-state index contributed by atoms with van der Waals surface area (Å²) in [6, 6.07) is 0.547. The van der Waals surface area contributed by atoms with Crippen molar-refractivity contribution in [1.29, 1.82) is 0 Å². The number of ether oxygens (including phenoxy) is 1. The van der Waals surface area contributed by atoms with Gasteiger partial charge in [0.05, 0.1) is 6.61 Å². The van der Waals surface area contributed by atoms with E-state index in [1.165, 1.54) is 32.4 Å². The number of amides is 1. The average molecular weight is 267 g/mol. The highest BCUT2D eigenvalue weighted by Gasteiger charge is 2.42. The summed E-state index contributed by atoms with van der Waals surface area (Å²) in [7, 11) is 0. The summed E-state index contributed by atoms with van der Waals surface area (Å²) in [5.74, 6) is 0.105. The van der Waals surface area contributed by atoms with Crippen molar-refractivity contribution < 1.29 is 9.53 Å². The molecule has 1 amide bonds. The summed E-state index contributed by atoms with van der Waals surface area (Å²) in [5, 5.41) is 0. The third kappa shape index (κ3) is 2.64. The lowest BCUT2D eigenvalue weighted by Gasteiger charge is -2.40. The molecule has 0 spiro atoms. The van der Waals surface area contributed by atoms with Crippen molar-refractivity contribution in [2.24, 2.45) is 5.73 Å². The van der Waals surface area contributed by atoms with Gasteiger partial charge in [0.25, 0.3) is 0 Å². The fourth-order valence-electron chi connectivity index (χ4n) is 3.61. The minimum Gasteiger partial charge on any atom is -0.379 e. The van der Waals surface area contributed by atoms with E-state index in [0.717, 1.165) is 19.5 Å². The molecule has 3 fully saturated rings. The van der Waals surface area contributed by atoms with Crippen LogP contribution in [0.15, 0.2) is 0 Å². The van der Waals surface area contributed by atoms with Gasteiger partial charge in [-0.2, -0.15) is 0 Å². The molecule has 5 heteroatoms. The second-order valence-corrected chi connectivity index (χ2v) is 6.25. The summed E-state index contributed by atoms with van der Waals surface area (Å²) in [6.07, 6.45) is 5.59. The van der Waals surface area contributed by atoms with Crippen molar-refractivity contribution in [3.8, 4) is 0 Å². The number of rotatable bonds is 2. The molecule has 2 atom stereocenters. The Morgan fingerprint density at radius 1 is 1.21 bits per heavy atom. The van der Waals surface area contributed by atoms with Gasteiger partial charge in [-0.1, -0.05) is 0 Å². The molecule has 0 radical (unpaired) electrons. The van der Waals surface area contributed by atoms with Crippen LogP contribution in [0.2, 0.25) is 0 Å². The van der Waals surface area contributed by atoms with E-state index >= 15 is 0 Å². The highest BCUT2D eigenvalue weighted by atomic mass is 16.5. The van der Waals surface area contributed by atoms with Gasteiger partial charge >= 0.3 is 0 Å². The van der Waals surface area contributed by atoms with Gasteiger partial charge in [-0.3, -0.25) is 9.69 Å². The Bertz CT molecular complexity index is 336. The standard InChI is InChI=1S/C14H25N3O2/c15-14(5-9-19-11-14)13(18)17-8-3-4-12(10-17)16-6-1-2-7-16/h12H,1-11,15H2. The Hall–Kier alpha value is -0.650. The summed E-state index contributed by atoms with van der Waals surface area (Å²) >= 11 is 0. The largest absolute Gasteiger partial charge is 0.379 e. The third-order valence-electron chi connectivity index (χ3n) is 4.82.